The Morgan fingerprint density at radius 2 is 1.73 bits per heavy atom. The first-order valence-electron chi connectivity index (χ1n) is 7.94. The molecule has 0 saturated carbocycles. The third-order valence-electron chi connectivity index (χ3n) is 4.88. The fourth-order valence-electron chi connectivity index (χ4n) is 3.54. The Labute approximate surface area is 162 Å². The van der Waals surface area contributed by atoms with Crippen LogP contribution in [0.5, 0.6) is 0 Å². The average molecular weight is 414 g/mol. The normalized spacial score (nSPS) is 23.9. The highest BCUT2D eigenvalue weighted by atomic mass is 35.5. The maximum absolute atomic E-state index is 13.2. The highest BCUT2D eigenvalue weighted by molar-refractivity contribution is 7.89. The van der Waals surface area contributed by atoms with Crippen LogP contribution in [0.3, 0.4) is 0 Å². The van der Waals surface area contributed by atoms with Crippen LogP contribution < -0.4 is 0 Å². The van der Waals surface area contributed by atoms with Gasteiger partial charge in [-0.2, -0.15) is 4.31 Å². The number of hydrogen-bond donors (Lipinski definition) is 1. The zero-order valence-corrected chi connectivity index (χ0v) is 16.2. The van der Waals surface area contributed by atoms with Gasteiger partial charge in [0.2, 0.25) is 10.0 Å². The second-order valence-corrected chi connectivity index (χ2v) is 9.12. The largest absolute Gasteiger partial charge is 0.480 e. The molecule has 0 aromatic heterocycles. The molecule has 3 rings (SSSR count). The Kier molecular flexibility index (Phi) is 5.05. The number of carboxylic acids is 1. The molecule has 1 fully saturated rings. The second kappa shape index (κ2) is 6.85. The van der Waals surface area contributed by atoms with Crippen LogP contribution in [0.2, 0.25) is 10.0 Å². The van der Waals surface area contributed by atoms with Gasteiger partial charge in [0.15, 0.2) is 0 Å². The monoisotopic (exact) mass is 413 g/mol. The van der Waals surface area contributed by atoms with Gasteiger partial charge in [0.1, 0.15) is 5.54 Å². The van der Waals surface area contributed by atoms with Crippen molar-refractivity contribution in [1.82, 2.24) is 4.31 Å². The molecule has 1 heterocycles. The molecule has 0 bridgehead atoms. The van der Waals surface area contributed by atoms with E-state index >= 15 is 0 Å². The van der Waals surface area contributed by atoms with Crippen LogP contribution in [0, 0.1) is 0 Å². The minimum absolute atomic E-state index is 0.0921. The van der Waals surface area contributed by atoms with Crippen molar-refractivity contribution in [3.63, 3.8) is 0 Å². The van der Waals surface area contributed by atoms with Gasteiger partial charge in [-0.05, 0) is 37.1 Å². The van der Waals surface area contributed by atoms with Crippen LogP contribution >= 0.6 is 23.2 Å². The molecule has 1 saturated heterocycles. The number of sulfonamides is 1. The average Bonchev–Trinajstić information content (AvgIpc) is 2.94. The molecular formula is C18H17Cl2NO4S. The van der Waals surface area contributed by atoms with Crippen molar-refractivity contribution in [2.75, 3.05) is 6.54 Å². The van der Waals surface area contributed by atoms with Crippen LogP contribution in [0.1, 0.15) is 24.8 Å². The molecule has 1 N–H and O–H groups in total. The molecule has 0 aliphatic carbocycles. The lowest BCUT2D eigenvalue weighted by Crippen LogP contribution is -2.53. The first-order valence-corrected chi connectivity index (χ1v) is 10.1. The van der Waals surface area contributed by atoms with Crippen molar-refractivity contribution < 1.29 is 18.3 Å². The first-order chi connectivity index (χ1) is 12.2. The van der Waals surface area contributed by atoms with Crippen molar-refractivity contribution in [1.29, 1.82) is 0 Å². The molecule has 2 atom stereocenters. The van der Waals surface area contributed by atoms with E-state index in [1.54, 1.807) is 0 Å². The Bertz CT molecular complexity index is 929. The number of nitrogens with zero attached hydrogens (tertiary/aromatic N) is 1. The summed E-state index contributed by atoms with van der Waals surface area (Å²) in [7, 11) is -4.09. The van der Waals surface area contributed by atoms with Crippen LogP contribution in [-0.2, 0) is 14.8 Å². The smallest absolute Gasteiger partial charge is 0.325 e. The van der Waals surface area contributed by atoms with Gasteiger partial charge in [-0.1, -0.05) is 53.5 Å². The minimum atomic E-state index is -4.09. The summed E-state index contributed by atoms with van der Waals surface area (Å²) in [6.07, 6.45) is 0.403. The van der Waals surface area contributed by atoms with Crippen molar-refractivity contribution >= 4 is 39.2 Å². The summed E-state index contributed by atoms with van der Waals surface area (Å²) in [4.78, 5) is 12.1. The van der Waals surface area contributed by atoms with Gasteiger partial charge in [0.05, 0.1) is 4.90 Å². The fraction of sp³-hybridized carbons (Fsp3) is 0.278. The quantitative estimate of drug-likeness (QED) is 0.820. The molecule has 2 aromatic carbocycles. The number of carbonyl (C=O) groups is 1. The zero-order valence-electron chi connectivity index (χ0n) is 13.9. The van der Waals surface area contributed by atoms with E-state index in [9.17, 15) is 18.3 Å². The van der Waals surface area contributed by atoms with Crippen LogP contribution in [0.15, 0.2) is 53.4 Å². The lowest BCUT2D eigenvalue weighted by atomic mass is 9.82. The number of carboxylic acid groups (broad SMARTS) is 1. The van der Waals surface area contributed by atoms with Gasteiger partial charge in [0, 0.05) is 22.5 Å². The summed E-state index contributed by atoms with van der Waals surface area (Å²) in [5.74, 6) is -1.66. The van der Waals surface area contributed by atoms with E-state index in [0.717, 1.165) is 9.87 Å². The van der Waals surface area contributed by atoms with Crippen LogP contribution in [0.25, 0.3) is 0 Å². The van der Waals surface area contributed by atoms with E-state index in [1.807, 2.05) is 30.3 Å². The van der Waals surface area contributed by atoms with Gasteiger partial charge in [-0.25, -0.2) is 8.42 Å². The maximum atomic E-state index is 13.2. The van der Waals surface area contributed by atoms with Crippen molar-refractivity contribution in [2.45, 2.75) is 29.7 Å². The highest BCUT2D eigenvalue weighted by Gasteiger charge is 2.56. The number of halogens is 2. The summed E-state index contributed by atoms with van der Waals surface area (Å²) < 4.78 is 27.4. The van der Waals surface area contributed by atoms with E-state index in [1.165, 1.54) is 25.1 Å². The number of aliphatic carboxylic acids is 1. The molecule has 5 nitrogen and oxygen atoms in total. The summed E-state index contributed by atoms with van der Waals surface area (Å²) in [5, 5.41) is 10.3. The highest BCUT2D eigenvalue weighted by Crippen LogP contribution is 2.45. The van der Waals surface area contributed by atoms with Crippen LogP contribution in [0.4, 0.5) is 0 Å². The van der Waals surface area contributed by atoms with Gasteiger partial charge >= 0.3 is 5.97 Å². The summed E-state index contributed by atoms with van der Waals surface area (Å²) in [6, 6.07) is 13.1. The van der Waals surface area contributed by atoms with E-state index in [0.29, 0.717) is 6.42 Å². The Morgan fingerprint density at radius 1 is 1.15 bits per heavy atom. The summed E-state index contributed by atoms with van der Waals surface area (Å²) >= 11 is 11.9. The van der Waals surface area contributed by atoms with Gasteiger partial charge in [-0.3, -0.25) is 4.79 Å². The van der Waals surface area contributed by atoms with E-state index in [-0.39, 0.29) is 21.5 Å². The Balaban J connectivity index is 2.11. The summed E-state index contributed by atoms with van der Waals surface area (Å²) in [6.45, 7) is 1.54. The van der Waals surface area contributed by atoms with Crippen molar-refractivity contribution in [3.8, 4) is 0 Å². The molecule has 1 unspecified atom stereocenters. The molecule has 1 aliphatic heterocycles. The van der Waals surface area contributed by atoms with Crippen molar-refractivity contribution in [2.24, 2.45) is 0 Å². The standard InChI is InChI=1S/C18H17Cl2NO4S/c1-18(17(22)23)16(12-5-3-2-4-6-12)7-8-21(18)26(24,25)15-10-13(19)9-14(20)11-15/h2-6,9-11,16H,7-8H2,1H3,(H,22,23)/t16-,18?/m0/s1. The number of hydrogen-bond acceptors (Lipinski definition) is 3. The minimum Gasteiger partial charge on any atom is -0.480 e. The molecule has 0 spiro atoms. The third kappa shape index (κ3) is 3.11. The topological polar surface area (TPSA) is 74.7 Å². The lowest BCUT2D eigenvalue weighted by Gasteiger charge is -2.34. The fourth-order valence-corrected chi connectivity index (χ4v) is 6.05. The lowest BCUT2D eigenvalue weighted by molar-refractivity contribution is -0.146. The van der Waals surface area contributed by atoms with E-state index in [2.05, 4.69) is 0 Å². The van der Waals surface area contributed by atoms with E-state index < -0.39 is 27.4 Å². The predicted octanol–water partition coefficient (Wildman–Crippen LogP) is 4.01. The zero-order chi connectivity index (χ0) is 19.1. The van der Waals surface area contributed by atoms with Gasteiger partial charge < -0.3 is 5.11 Å². The Hall–Kier alpha value is -1.60. The molecule has 1 aliphatic rings. The van der Waals surface area contributed by atoms with E-state index in [4.69, 9.17) is 23.2 Å². The molecule has 0 radical (unpaired) electrons. The first kappa shape index (κ1) is 19.2. The maximum Gasteiger partial charge on any atom is 0.325 e. The van der Waals surface area contributed by atoms with Crippen LogP contribution in [-0.4, -0.2) is 35.9 Å². The molecule has 8 heteroatoms. The second-order valence-electron chi connectivity index (χ2n) is 6.39. The van der Waals surface area contributed by atoms with Gasteiger partial charge in [0.25, 0.3) is 0 Å². The number of benzene rings is 2. The van der Waals surface area contributed by atoms with Crippen molar-refractivity contribution in [3.05, 3.63) is 64.1 Å². The molecule has 0 amide bonds. The van der Waals surface area contributed by atoms with Gasteiger partial charge in [-0.15, -0.1) is 0 Å². The SMILES string of the molecule is CC1(C(=O)O)[C@H](c2ccccc2)CCN1S(=O)(=O)c1cc(Cl)cc(Cl)c1. The molecule has 138 valence electrons. The Morgan fingerprint density at radius 3 is 2.27 bits per heavy atom. The number of rotatable bonds is 4. The molecule has 26 heavy (non-hydrogen) atoms. The molecular weight excluding hydrogens is 397 g/mol. The predicted molar refractivity (Wildman–Crippen MR) is 100 cm³/mol. The molecule has 2 aromatic rings. The third-order valence-corrected chi connectivity index (χ3v) is 7.29. The summed E-state index contributed by atoms with van der Waals surface area (Å²) in [5.41, 5.74) is -0.825.